The molecule has 1 saturated heterocycles. The molecule has 110 valence electrons. The van der Waals surface area contributed by atoms with E-state index < -0.39 is 10.0 Å². The summed E-state index contributed by atoms with van der Waals surface area (Å²) in [7, 11) is -3.40. The van der Waals surface area contributed by atoms with Gasteiger partial charge in [-0.25, -0.2) is 8.42 Å². The molecule has 1 aromatic rings. The smallest absolute Gasteiger partial charge is 0.207 e. The summed E-state index contributed by atoms with van der Waals surface area (Å²) >= 11 is 10.6. The third-order valence-electron chi connectivity index (χ3n) is 4.26. The molecular weight excluding hydrogens is 474 g/mol. The molecule has 1 aliphatic heterocycles. The van der Waals surface area contributed by atoms with Crippen molar-refractivity contribution in [1.82, 2.24) is 4.31 Å². The summed E-state index contributed by atoms with van der Waals surface area (Å²) in [6.07, 6.45) is 1.69. The second kappa shape index (κ2) is 5.05. The van der Waals surface area contributed by atoms with Crippen LogP contribution in [0, 0.1) is 0 Å². The van der Waals surface area contributed by atoms with Crippen molar-refractivity contribution < 1.29 is 8.42 Å². The number of benzene rings is 1. The number of alkyl halides is 2. The van der Waals surface area contributed by atoms with Crippen molar-refractivity contribution in [2.24, 2.45) is 0 Å². The van der Waals surface area contributed by atoms with Gasteiger partial charge in [-0.15, -0.1) is 0 Å². The van der Waals surface area contributed by atoms with Crippen molar-refractivity contribution in [3.63, 3.8) is 0 Å². The zero-order valence-electron chi connectivity index (χ0n) is 10.8. The quantitative estimate of drug-likeness (QED) is 0.468. The van der Waals surface area contributed by atoms with Crippen LogP contribution in [-0.4, -0.2) is 34.0 Å². The highest BCUT2D eigenvalue weighted by atomic mass is 79.9. The molecule has 7 heteroatoms. The van der Waals surface area contributed by atoms with Gasteiger partial charge in [-0.05, 0) is 44.0 Å². The molecule has 2 aliphatic rings. The number of hydrogen-bond acceptors (Lipinski definition) is 2. The van der Waals surface area contributed by atoms with Crippen molar-refractivity contribution in [3.05, 3.63) is 28.7 Å². The molecule has 0 amide bonds. The maximum Gasteiger partial charge on any atom is 0.243 e. The SMILES string of the molecule is C[C@@]12C[C@H](Br)[C@@H](Br)C[C@@H]1N2S(=O)(=O)c1ccc(Br)cc1. The van der Waals surface area contributed by atoms with E-state index in [9.17, 15) is 8.42 Å². The number of fused-ring (bicyclic) bond motifs is 1. The summed E-state index contributed by atoms with van der Waals surface area (Å²) < 4.78 is 28.1. The van der Waals surface area contributed by atoms with Crippen LogP contribution in [0.25, 0.3) is 0 Å². The van der Waals surface area contributed by atoms with Gasteiger partial charge in [0.15, 0.2) is 0 Å². The fourth-order valence-corrected chi connectivity index (χ4v) is 6.82. The molecule has 20 heavy (non-hydrogen) atoms. The van der Waals surface area contributed by atoms with Gasteiger partial charge in [0.25, 0.3) is 0 Å². The fraction of sp³-hybridized carbons (Fsp3) is 0.538. The summed E-state index contributed by atoms with van der Waals surface area (Å²) in [6, 6.07) is 6.95. The molecule has 1 aromatic carbocycles. The van der Waals surface area contributed by atoms with Crippen molar-refractivity contribution in [2.75, 3.05) is 0 Å². The molecule has 0 spiro atoms. The Balaban J connectivity index is 1.93. The fourth-order valence-electron chi connectivity index (χ4n) is 3.09. The molecule has 1 unspecified atom stereocenters. The summed E-state index contributed by atoms with van der Waals surface area (Å²) in [5, 5.41) is 0. The van der Waals surface area contributed by atoms with Gasteiger partial charge in [0, 0.05) is 20.2 Å². The third-order valence-corrected chi connectivity index (χ3v) is 9.53. The molecule has 1 heterocycles. The van der Waals surface area contributed by atoms with Gasteiger partial charge in [-0.2, -0.15) is 4.31 Å². The Morgan fingerprint density at radius 2 is 1.80 bits per heavy atom. The zero-order chi connectivity index (χ0) is 14.7. The molecule has 1 aliphatic carbocycles. The molecule has 5 atom stereocenters. The van der Waals surface area contributed by atoms with Gasteiger partial charge in [0.1, 0.15) is 0 Å². The lowest BCUT2D eigenvalue weighted by molar-refractivity contribution is 0.480. The second-order valence-corrected chi connectivity index (χ2v) is 10.7. The lowest BCUT2D eigenvalue weighted by Crippen LogP contribution is -2.31. The summed E-state index contributed by atoms with van der Waals surface area (Å²) in [4.78, 5) is 1.01. The van der Waals surface area contributed by atoms with E-state index >= 15 is 0 Å². The topological polar surface area (TPSA) is 37.1 Å². The van der Waals surface area contributed by atoms with E-state index in [1.54, 1.807) is 28.6 Å². The summed E-state index contributed by atoms with van der Waals surface area (Å²) in [5.41, 5.74) is -0.246. The Labute approximate surface area is 144 Å². The first-order chi connectivity index (χ1) is 9.26. The van der Waals surface area contributed by atoms with E-state index in [4.69, 9.17) is 0 Å². The van der Waals surface area contributed by atoms with Gasteiger partial charge in [0.2, 0.25) is 10.0 Å². The van der Waals surface area contributed by atoms with Gasteiger partial charge in [-0.1, -0.05) is 47.8 Å². The van der Waals surface area contributed by atoms with E-state index in [1.807, 2.05) is 6.92 Å². The van der Waals surface area contributed by atoms with Crippen molar-refractivity contribution in [3.8, 4) is 0 Å². The van der Waals surface area contributed by atoms with E-state index in [1.165, 1.54) is 0 Å². The lowest BCUT2D eigenvalue weighted by atomic mass is 9.91. The lowest BCUT2D eigenvalue weighted by Gasteiger charge is -2.24. The Kier molecular flexibility index (Phi) is 3.90. The highest BCUT2D eigenvalue weighted by Gasteiger charge is 2.68. The van der Waals surface area contributed by atoms with Gasteiger partial charge < -0.3 is 0 Å². The maximum absolute atomic E-state index is 12.8. The Bertz CT molecular complexity index is 634. The zero-order valence-corrected chi connectivity index (χ0v) is 16.3. The molecule has 0 aromatic heterocycles. The second-order valence-electron chi connectivity index (χ2n) is 5.60. The van der Waals surface area contributed by atoms with Crippen LogP contribution in [0.4, 0.5) is 0 Å². The van der Waals surface area contributed by atoms with Gasteiger partial charge in [0.05, 0.1) is 10.4 Å². The van der Waals surface area contributed by atoms with E-state index in [-0.39, 0.29) is 11.6 Å². The predicted octanol–water partition coefficient (Wildman–Crippen LogP) is 3.90. The molecule has 0 radical (unpaired) electrons. The first-order valence-corrected chi connectivity index (χ1v) is 10.4. The van der Waals surface area contributed by atoms with Crippen LogP contribution in [0.2, 0.25) is 0 Å². The average molecular weight is 488 g/mol. The van der Waals surface area contributed by atoms with E-state index in [2.05, 4.69) is 47.8 Å². The maximum atomic E-state index is 12.8. The average Bonchev–Trinajstić information content (AvgIpc) is 2.95. The Morgan fingerprint density at radius 3 is 2.35 bits per heavy atom. The predicted molar refractivity (Wildman–Crippen MR) is 90.0 cm³/mol. The van der Waals surface area contributed by atoms with Gasteiger partial charge in [-0.3, -0.25) is 0 Å². The van der Waals surface area contributed by atoms with Crippen LogP contribution in [0.5, 0.6) is 0 Å². The molecule has 3 rings (SSSR count). The van der Waals surface area contributed by atoms with Crippen LogP contribution in [0.15, 0.2) is 33.6 Å². The molecule has 3 nitrogen and oxygen atoms in total. The van der Waals surface area contributed by atoms with Crippen LogP contribution in [-0.2, 0) is 10.0 Å². The van der Waals surface area contributed by atoms with Crippen LogP contribution in [0.3, 0.4) is 0 Å². The van der Waals surface area contributed by atoms with Crippen LogP contribution < -0.4 is 0 Å². The highest BCUT2D eigenvalue weighted by Crippen LogP contribution is 2.56. The number of sulfonamides is 1. The standard InChI is InChI=1S/C13H14Br3NO2S/c1-13-7-11(16)10(15)6-12(13)17(13)20(18,19)9-4-2-8(14)3-5-9/h2-5,10-12H,6-7H2,1H3/t10-,11-,12-,13+,17?/m0/s1. The van der Waals surface area contributed by atoms with Crippen molar-refractivity contribution >= 4 is 57.8 Å². The minimum Gasteiger partial charge on any atom is -0.207 e. The number of rotatable bonds is 2. The molecule has 0 bridgehead atoms. The van der Waals surface area contributed by atoms with Crippen molar-refractivity contribution in [1.29, 1.82) is 0 Å². The van der Waals surface area contributed by atoms with Crippen LogP contribution >= 0.6 is 47.8 Å². The van der Waals surface area contributed by atoms with Gasteiger partial charge >= 0.3 is 0 Å². The first-order valence-electron chi connectivity index (χ1n) is 6.35. The highest BCUT2D eigenvalue weighted by molar-refractivity contribution is 9.12. The number of halogens is 3. The molecule has 1 saturated carbocycles. The molecular formula is C13H14Br3NO2S. The Morgan fingerprint density at radius 1 is 1.20 bits per heavy atom. The Hall–Kier alpha value is 0.570. The largest absolute Gasteiger partial charge is 0.243 e. The van der Waals surface area contributed by atoms with E-state index in [0.29, 0.717) is 14.5 Å². The van der Waals surface area contributed by atoms with Crippen LogP contribution in [0.1, 0.15) is 19.8 Å². The molecule has 2 fully saturated rings. The van der Waals surface area contributed by atoms with E-state index in [0.717, 1.165) is 17.3 Å². The first kappa shape index (κ1) is 15.5. The molecule has 0 N–H and O–H groups in total. The minimum absolute atomic E-state index is 0.106. The summed E-state index contributed by atoms with van der Waals surface area (Å²) in [5.74, 6) is 0. The third kappa shape index (κ3) is 2.33. The summed E-state index contributed by atoms with van der Waals surface area (Å²) in [6.45, 7) is 2.04. The normalized spacial score (nSPS) is 40.2. The number of nitrogens with zero attached hydrogens (tertiary/aromatic N) is 1. The minimum atomic E-state index is -3.40. The van der Waals surface area contributed by atoms with Crippen molar-refractivity contribution in [2.45, 2.75) is 45.9 Å². The monoisotopic (exact) mass is 485 g/mol. The number of hydrogen-bond donors (Lipinski definition) is 0.